The van der Waals surface area contributed by atoms with Crippen LogP contribution < -0.4 is 11.1 Å². The fraction of sp³-hybridized carbons (Fsp3) is 0.250. The van der Waals surface area contributed by atoms with Gasteiger partial charge in [-0.2, -0.15) is 4.98 Å². The SMILES string of the molecule is Cc1nc(CNC(=O)c2cc(N)c(C)c(F)c2)no1. The highest BCUT2D eigenvalue weighted by Gasteiger charge is 2.12. The molecule has 0 aliphatic carbocycles. The number of carbonyl (C=O) groups excluding carboxylic acids is 1. The van der Waals surface area contributed by atoms with Crippen LogP contribution in [0.2, 0.25) is 0 Å². The van der Waals surface area contributed by atoms with Crippen LogP contribution in [0.15, 0.2) is 16.7 Å². The Bertz CT molecular complexity index is 601. The predicted molar refractivity (Wildman–Crippen MR) is 65.8 cm³/mol. The minimum atomic E-state index is -0.513. The van der Waals surface area contributed by atoms with Crippen molar-refractivity contribution in [2.24, 2.45) is 0 Å². The molecule has 0 aliphatic rings. The molecule has 0 unspecified atom stereocenters. The zero-order valence-electron chi connectivity index (χ0n) is 10.5. The van der Waals surface area contributed by atoms with Crippen molar-refractivity contribution < 1.29 is 13.7 Å². The Morgan fingerprint density at radius 1 is 1.47 bits per heavy atom. The zero-order valence-corrected chi connectivity index (χ0v) is 10.5. The van der Waals surface area contributed by atoms with E-state index in [1.165, 1.54) is 6.07 Å². The van der Waals surface area contributed by atoms with E-state index in [1.54, 1.807) is 13.8 Å². The summed E-state index contributed by atoms with van der Waals surface area (Å²) in [4.78, 5) is 15.8. The number of aryl methyl sites for hydroxylation is 1. The molecule has 100 valence electrons. The highest BCUT2D eigenvalue weighted by atomic mass is 19.1. The van der Waals surface area contributed by atoms with Gasteiger partial charge in [0.1, 0.15) is 5.82 Å². The van der Waals surface area contributed by atoms with E-state index in [4.69, 9.17) is 10.3 Å². The maximum Gasteiger partial charge on any atom is 0.251 e. The van der Waals surface area contributed by atoms with Gasteiger partial charge in [-0.1, -0.05) is 5.16 Å². The van der Waals surface area contributed by atoms with Crippen molar-refractivity contribution in [2.75, 3.05) is 5.73 Å². The van der Waals surface area contributed by atoms with Crippen LogP contribution in [0, 0.1) is 19.7 Å². The Kier molecular flexibility index (Phi) is 3.46. The molecule has 1 amide bonds. The van der Waals surface area contributed by atoms with Gasteiger partial charge in [0.25, 0.3) is 5.91 Å². The molecule has 0 aliphatic heterocycles. The summed E-state index contributed by atoms with van der Waals surface area (Å²) >= 11 is 0. The fourth-order valence-corrected chi connectivity index (χ4v) is 1.51. The van der Waals surface area contributed by atoms with E-state index in [-0.39, 0.29) is 17.8 Å². The topological polar surface area (TPSA) is 94.0 Å². The zero-order chi connectivity index (χ0) is 14.0. The predicted octanol–water partition coefficient (Wildman–Crippen LogP) is 1.34. The number of nitrogens with two attached hydrogens (primary N) is 1. The monoisotopic (exact) mass is 264 g/mol. The molecule has 2 rings (SSSR count). The van der Waals surface area contributed by atoms with Gasteiger partial charge >= 0.3 is 0 Å². The fourth-order valence-electron chi connectivity index (χ4n) is 1.51. The lowest BCUT2D eigenvalue weighted by Crippen LogP contribution is -2.23. The number of carbonyl (C=O) groups is 1. The van der Waals surface area contributed by atoms with Gasteiger partial charge in [-0.15, -0.1) is 0 Å². The number of nitrogen functional groups attached to an aromatic ring is 1. The van der Waals surface area contributed by atoms with Crippen molar-refractivity contribution >= 4 is 11.6 Å². The summed E-state index contributed by atoms with van der Waals surface area (Å²) in [6.45, 7) is 3.30. The molecule has 0 radical (unpaired) electrons. The van der Waals surface area contributed by atoms with Crippen molar-refractivity contribution in [3.05, 3.63) is 40.8 Å². The van der Waals surface area contributed by atoms with E-state index in [0.717, 1.165) is 6.07 Å². The van der Waals surface area contributed by atoms with Crippen molar-refractivity contribution in [1.29, 1.82) is 0 Å². The summed E-state index contributed by atoms with van der Waals surface area (Å²) in [5.74, 6) is -0.199. The Labute approximate surface area is 108 Å². The first kappa shape index (κ1) is 13.0. The molecule has 6 nitrogen and oxygen atoms in total. The van der Waals surface area contributed by atoms with Crippen LogP contribution in [-0.4, -0.2) is 16.0 Å². The molecular weight excluding hydrogens is 251 g/mol. The lowest BCUT2D eigenvalue weighted by Gasteiger charge is -2.06. The third-order valence-corrected chi connectivity index (χ3v) is 2.62. The van der Waals surface area contributed by atoms with Gasteiger partial charge in [-0.3, -0.25) is 4.79 Å². The average molecular weight is 264 g/mol. The van der Waals surface area contributed by atoms with Crippen LogP contribution in [0.3, 0.4) is 0 Å². The highest BCUT2D eigenvalue weighted by molar-refractivity contribution is 5.95. The van der Waals surface area contributed by atoms with E-state index in [0.29, 0.717) is 17.3 Å². The van der Waals surface area contributed by atoms with Gasteiger partial charge in [0.05, 0.1) is 6.54 Å². The maximum atomic E-state index is 13.5. The summed E-state index contributed by atoms with van der Waals surface area (Å²) in [5.41, 5.74) is 6.32. The van der Waals surface area contributed by atoms with E-state index in [2.05, 4.69) is 15.5 Å². The molecule has 19 heavy (non-hydrogen) atoms. The number of benzene rings is 1. The Morgan fingerprint density at radius 3 is 2.79 bits per heavy atom. The third-order valence-electron chi connectivity index (χ3n) is 2.62. The number of rotatable bonds is 3. The first-order valence-electron chi connectivity index (χ1n) is 5.60. The number of hydrogen-bond acceptors (Lipinski definition) is 5. The minimum Gasteiger partial charge on any atom is -0.398 e. The average Bonchev–Trinajstić information content (AvgIpc) is 2.78. The highest BCUT2D eigenvalue weighted by Crippen LogP contribution is 2.17. The van der Waals surface area contributed by atoms with E-state index >= 15 is 0 Å². The standard InChI is InChI=1S/C12H13FN4O2/c1-6-9(13)3-8(4-10(6)14)12(18)15-5-11-16-7(2)19-17-11/h3-4H,5,14H2,1-2H3,(H,15,18). The molecule has 0 atom stereocenters. The van der Waals surface area contributed by atoms with Gasteiger partial charge in [-0.25, -0.2) is 4.39 Å². The summed E-state index contributed by atoms with van der Waals surface area (Å²) in [5, 5.41) is 6.19. The summed E-state index contributed by atoms with van der Waals surface area (Å²) in [6.07, 6.45) is 0. The molecule has 1 heterocycles. The number of nitrogens with one attached hydrogen (secondary N) is 1. The second kappa shape index (κ2) is 5.05. The van der Waals surface area contributed by atoms with Crippen molar-refractivity contribution in [3.63, 3.8) is 0 Å². The van der Waals surface area contributed by atoms with Crippen molar-refractivity contribution in [3.8, 4) is 0 Å². The van der Waals surface area contributed by atoms with Crippen LogP contribution in [-0.2, 0) is 6.54 Å². The van der Waals surface area contributed by atoms with E-state index in [9.17, 15) is 9.18 Å². The van der Waals surface area contributed by atoms with Crippen molar-refractivity contribution in [1.82, 2.24) is 15.5 Å². The lowest BCUT2D eigenvalue weighted by molar-refractivity contribution is 0.0949. The minimum absolute atomic E-state index is 0.103. The Hall–Kier alpha value is -2.44. The molecule has 0 saturated heterocycles. The second-order valence-electron chi connectivity index (χ2n) is 4.08. The van der Waals surface area contributed by atoms with Crippen LogP contribution in [0.25, 0.3) is 0 Å². The molecule has 0 spiro atoms. The van der Waals surface area contributed by atoms with Gasteiger partial charge in [0.2, 0.25) is 5.89 Å². The Balaban J connectivity index is 2.08. The molecule has 0 saturated carbocycles. The van der Waals surface area contributed by atoms with Gasteiger partial charge in [0, 0.05) is 23.7 Å². The van der Waals surface area contributed by atoms with Crippen LogP contribution in [0.5, 0.6) is 0 Å². The molecule has 0 bridgehead atoms. The molecule has 3 N–H and O–H groups in total. The number of hydrogen-bond donors (Lipinski definition) is 2. The first-order valence-corrected chi connectivity index (χ1v) is 5.60. The number of nitrogens with zero attached hydrogens (tertiary/aromatic N) is 2. The van der Waals surface area contributed by atoms with E-state index < -0.39 is 11.7 Å². The quantitative estimate of drug-likeness (QED) is 0.816. The number of amides is 1. The van der Waals surface area contributed by atoms with Gasteiger partial charge < -0.3 is 15.6 Å². The van der Waals surface area contributed by atoms with Gasteiger partial charge in [-0.05, 0) is 19.1 Å². The van der Waals surface area contributed by atoms with Crippen LogP contribution in [0.4, 0.5) is 10.1 Å². The second-order valence-corrected chi connectivity index (χ2v) is 4.08. The molecule has 7 heteroatoms. The number of aromatic nitrogens is 2. The van der Waals surface area contributed by atoms with Crippen LogP contribution >= 0.6 is 0 Å². The number of anilines is 1. The number of halogens is 1. The third kappa shape index (κ3) is 2.87. The summed E-state index contributed by atoms with van der Waals surface area (Å²) in [7, 11) is 0. The smallest absolute Gasteiger partial charge is 0.251 e. The normalized spacial score (nSPS) is 10.5. The van der Waals surface area contributed by atoms with Crippen molar-refractivity contribution in [2.45, 2.75) is 20.4 Å². The molecule has 1 aromatic carbocycles. The molecule has 0 fully saturated rings. The molecular formula is C12H13FN4O2. The largest absolute Gasteiger partial charge is 0.398 e. The molecule has 2 aromatic rings. The maximum absolute atomic E-state index is 13.5. The lowest BCUT2D eigenvalue weighted by atomic mass is 10.1. The first-order chi connectivity index (χ1) is 8.97. The van der Waals surface area contributed by atoms with Gasteiger partial charge in [0.15, 0.2) is 5.82 Å². The Morgan fingerprint density at radius 2 is 2.21 bits per heavy atom. The summed E-state index contributed by atoms with van der Waals surface area (Å²) < 4.78 is 18.2. The molecule has 1 aromatic heterocycles. The van der Waals surface area contributed by atoms with Crippen LogP contribution in [0.1, 0.15) is 27.6 Å². The summed E-state index contributed by atoms with van der Waals surface area (Å²) in [6, 6.07) is 2.57. The van der Waals surface area contributed by atoms with E-state index in [1.807, 2.05) is 0 Å².